The molecule has 0 amide bonds. The molecule has 4 aromatic rings. The minimum absolute atomic E-state index is 0.0138. The van der Waals surface area contributed by atoms with Gasteiger partial charge in [0.05, 0.1) is 35.2 Å². The third kappa shape index (κ3) is 4.46. The van der Waals surface area contributed by atoms with Crippen LogP contribution in [0, 0.1) is 20.8 Å². The molecule has 3 heterocycles. The Bertz CT molecular complexity index is 1670. The summed E-state index contributed by atoms with van der Waals surface area (Å²) in [6, 6.07) is 7.30. The first-order valence-electron chi connectivity index (χ1n) is 12.4. The molecule has 1 unspecified atom stereocenters. The highest BCUT2D eigenvalue weighted by Gasteiger charge is 2.28. The Kier molecular flexibility index (Phi) is 6.75. The van der Waals surface area contributed by atoms with Gasteiger partial charge < -0.3 is 19.5 Å². The normalized spacial score (nSPS) is 13.6. The zero-order valence-electron chi connectivity index (χ0n) is 22.1. The second-order valence-corrected chi connectivity index (χ2v) is 10.3. The van der Waals surface area contributed by atoms with E-state index in [-0.39, 0.29) is 22.7 Å². The molecule has 0 saturated carbocycles. The van der Waals surface area contributed by atoms with Gasteiger partial charge in [0.15, 0.2) is 5.43 Å². The summed E-state index contributed by atoms with van der Waals surface area (Å²) in [5.74, 6) is 0.757. The van der Waals surface area contributed by atoms with Crippen molar-refractivity contribution in [2.24, 2.45) is 5.16 Å². The highest BCUT2D eigenvalue weighted by atomic mass is 35.5. The minimum atomic E-state index is -1.13. The summed E-state index contributed by atoms with van der Waals surface area (Å²) >= 11 is 6.23. The van der Waals surface area contributed by atoms with Crippen LogP contribution in [-0.4, -0.2) is 28.3 Å². The molecule has 5 rings (SSSR count). The highest BCUT2D eigenvalue weighted by Crippen LogP contribution is 2.35. The Hall–Kier alpha value is -3.69. The van der Waals surface area contributed by atoms with E-state index < -0.39 is 7.12 Å². The number of anilines is 1. The number of benzene rings is 2. The molecule has 2 aromatic carbocycles. The van der Waals surface area contributed by atoms with Gasteiger partial charge in [0.1, 0.15) is 11.3 Å². The second-order valence-electron chi connectivity index (χ2n) is 10.0. The summed E-state index contributed by atoms with van der Waals surface area (Å²) in [6.07, 6.45) is 3.22. The highest BCUT2D eigenvalue weighted by molar-refractivity contribution is 6.62. The van der Waals surface area contributed by atoms with E-state index in [4.69, 9.17) is 20.8 Å². The molecular weight excluding hydrogens is 503 g/mol. The molecule has 0 saturated heterocycles. The summed E-state index contributed by atoms with van der Waals surface area (Å²) in [5, 5.41) is 18.2. The fourth-order valence-electron chi connectivity index (χ4n) is 5.03. The van der Waals surface area contributed by atoms with Gasteiger partial charge in [-0.25, -0.2) is 9.97 Å². The molecule has 0 fully saturated rings. The number of nitrogens with one attached hydrogen (secondary N) is 1. The number of fused-ring (bicyclic) bond motifs is 2. The molecule has 1 aliphatic rings. The van der Waals surface area contributed by atoms with E-state index >= 15 is 0 Å². The summed E-state index contributed by atoms with van der Waals surface area (Å²) in [6.45, 7) is 11.7. The van der Waals surface area contributed by atoms with Crippen molar-refractivity contribution in [2.75, 3.05) is 5.32 Å². The molecule has 1 atom stereocenters. The van der Waals surface area contributed by atoms with Crippen LogP contribution in [0.3, 0.4) is 0 Å². The lowest BCUT2D eigenvalue weighted by atomic mass is 9.74. The molecule has 194 valence electrons. The average Bonchev–Trinajstić information content (AvgIpc) is 2.87. The lowest BCUT2D eigenvalue weighted by Crippen LogP contribution is -2.38. The van der Waals surface area contributed by atoms with E-state index in [0.717, 1.165) is 27.8 Å². The maximum atomic E-state index is 13.2. The van der Waals surface area contributed by atoms with Crippen LogP contribution in [0.5, 0.6) is 0 Å². The van der Waals surface area contributed by atoms with Gasteiger partial charge in [0.2, 0.25) is 5.28 Å². The van der Waals surface area contributed by atoms with E-state index in [0.29, 0.717) is 39.1 Å². The first-order valence-corrected chi connectivity index (χ1v) is 12.8. The van der Waals surface area contributed by atoms with Crippen LogP contribution >= 0.6 is 11.6 Å². The molecule has 2 aromatic heterocycles. The smallest absolute Gasteiger partial charge is 0.460 e. The molecule has 0 spiro atoms. The van der Waals surface area contributed by atoms with Crippen LogP contribution in [0.15, 0.2) is 44.8 Å². The van der Waals surface area contributed by atoms with E-state index in [2.05, 4.69) is 20.4 Å². The number of rotatable bonds is 5. The Morgan fingerprint density at radius 1 is 1.11 bits per heavy atom. The lowest BCUT2D eigenvalue weighted by molar-refractivity contribution is 0.286. The van der Waals surface area contributed by atoms with Gasteiger partial charge in [-0.3, -0.25) is 4.79 Å². The van der Waals surface area contributed by atoms with Gasteiger partial charge in [0, 0.05) is 33.6 Å². The number of oxime groups is 1. The van der Waals surface area contributed by atoms with Gasteiger partial charge in [-0.05, 0) is 56.5 Å². The SMILES string of the molecule is Cc1cc(C(C)Nc2cnc(Cl)nc2-c2ccc3c(c2C)C=NOB3O)c2oc(C(C)C)c(C)c(=O)c2c1. The zero-order valence-corrected chi connectivity index (χ0v) is 22.8. The molecule has 1 aliphatic heterocycles. The Labute approximate surface area is 225 Å². The van der Waals surface area contributed by atoms with E-state index in [9.17, 15) is 9.82 Å². The van der Waals surface area contributed by atoms with Crippen molar-refractivity contribution in [1.29, 1.82) is 0 Å². The lowest BCUT2D eigenvalue weighted by Gasteiger charge is -2.22. The largest absolute Gasteiger partial charge is 0.583 e. The standard InChI is InChI=1S/C28H28BClN4O4/c1-13(2)26-16(5)25(35)20-10-14(3)9-19(27(20)37-26)17(6)33-23-12-31-28(30)34-24(23)18-7-8-22-21(15(18)4)11-32-38-29(22)36/h7-13,17,33,36H,1-6H3. The fourth-order valence-corrected chi connectivity index (χ4v) is 5.16. The minimum Gasteiger partial charge on any atom is -0.460 e. The van der Waals surface area contributed by atoms with Crippen LogP contribution in [0.25, 0.3) is 22.2 Å². The Morgan fingerprint density at radius 2 is 1.87 bits per heavy atom. The topological polar surface area (TPSA) is 110 Å². The fraction of sp³-hybridized carbons (Fsp3) is 0.286. The second kappa shape index (κ2) is 9.89. The Balaban J connectivity index is 1.62. The van der Waals surface area contributed by atoms with Gasteiger partial charge in [-0.2, -0.15) is 0 Å². The van der Waals surface area contributed by atoms with E-state index in [1.807, 2.05) is 59.7 Å². The molecular formula is C28H28BClN4O4. The van der Waals surface area contributed by atoms with Crippen molar-refractivity contribution in [3.05, 3.63) is 79.5 Å². The number of hydrogen-bond acceptors (Lipinski definition) is 8. The van der Waals surface area contributed by atoms with Crippen molar-refractivity contribution in [1.82, 2.24) is 9.97 Å². The molecule has 0 radical (unpaired) electrons. The Morgan fingerprint density at radius 3 is 2.61 bits per heavy atom. The number of aromatic nitrogens is 2. The van der Waals surface area contributed by atoms with Crippen molar-refractivity contribution >= 4 is 47.1 Å². The molecule has 0 bridgehead atoms. The monoisotopic (exact) mass is 530 g/mol. The number of nitrogens with zero attached hydrogens (tertiary/aromatic N) is 3. The maximum absolute atomic E-state index is 13.2. The molecule has 10 heteroatoms. The maximum Gasteiger partial charge on any atom is 0.583 e. The number of halogens is 1. The summed E-state index contributed by atoms with van der Waals surface area (Å²) < 4.78 is 11.3. The van der Waals surface area contributed by atoms with Crippen LogP contribution in [0.1, 0.15) is 66.3 Å². The van der Waals surface area contributed by atoms with Crippen LogP contribution in [0.4, 0.5) is 5.69 Å². The van der Waals surface area contributed by atoms with Gasteiger partial charge in [-0.1, -0.05) is 32.0 Å². The number of aryl methyl sites for hydroxylation is 1. The first-order chi connectivity index (χ1) is 18.1. The summed E-state index contributed by atoms with van der Waals surface area (Å²) in [4.78, 5) is 22.0. The zero-order chi connectivity index (χ0) is 27.3. The van der Waals surface area contributed by atoms with E-state index in [1.54, 1.807) is 18.5 Å². The van der Waals surface area contributed by atoms with Crippen molar-refractivity contribution in [3.8, 4) is 11.3 Å². The van der Waals surface area contributed by atoms with Crippen molar-refractivity contribution in [3.63, 3.8) is 0 Å². The van der Waals surface area contributed by atoms with Gasteiger partial charge in [0.25, 0.3) is 0 Å². The molecule has 38 heavy (non-hydrogen) atoms. The predicted octanol–water partition coefficient (Wildman–Crippen LogP) is 5.18. The van der Waals surface area contributed by atoms with Gasteiger partial charge >= 0.3 is 7.12 Å². The summed E-state index contributed by atoms with van der Waals surface area (Å²) in [5.41, 5.74) is 7.33. The van der Waals surface area contributed by atoms with E-state index in [1.165, 1.54) is 0 Å². The average molecular weight is 531 g/mol. The molecule has 8 nitrogen and oxygen atoms in total. The summed E-state index contributed by atoms with van der Waals surface area (Å²) in [7, 11) is -1.13. The number of hydrogen-bond donors (Lipinski definition) is 2. The van der Waals surface area contributed by atoms with Crippen LogP contribution in [0.2, 0.25) is 5.28 Å². The molecule has 2 N–H and O–H groups in total. The third-order valence-corrected chi connectivity index (χ3v) is 7.15. The predicted molar refractivity (Wildman–Crippen MR) is 152 cm³/mol. The van der Waals surface area contributed by atoms with Crippen LogP contribution in [-0.2, 0) is 4.76 Å². The quantitative estimate of drug-likeness (QED) is 0.270. The first kappa shape index (κ1) is 25.9. The third-order valence-electron chi connectivity index (χ3n) is 6.96. The van der Waals surface area contributed by atoms with Crippen molar-refractivity contribution < 1.29 is 14.2 Å². The molecule has 0 aliphatic carbocycles. The van der Waals surface area contributed by atoms with Gasteiger partial charge in [-0.15, -0.1) is 5.16 Å². The van der Waals surface area contributed by atoms with Crippen molar-refractivity contribution in [2.45, 2.75) is 53.5 Å². The van der Waals surface area contributed by atoms with Crippen LogP contribution < -0.4 is 16.2 Å².